The predicted molar refractivity (Wildman–Crippen MR) is 117 cm³/mol. The summed E-state index contributed by atoms with van der Waals surface area (Å²) in [6.07, 6.45) is 4.41. The molecule has 0 atom stereocenters. The first-order valence-electron chi connectivity index (χ1n) is 9.56. The first-order chi connectivity index (χ1) is 14.1. The molecule has 0 unspecified atom stereocenters. The quantitative estimate of drug-likeness (QED) is 0.371. The maximum atomic E-state index is 12.7. The lowest BCUT2D eigenvalue weighted by atomic mass is 10.0. The first kappa shape index (κ1) is 21.0. The number of aryl methyl sites for hydroxylation is 1. The maximum Gasteiger partial charge on any atom is 0.259 e. The van der Waals surface area contributed by atoms with Crippen molar-refractivity contribution in [2.45, 2.75) is 25.8 Å². The number of hydrogen-bond acceptors (Lipinski definition) is 4. The Bertz CT molecular complexity index is 969. The van der Waals surface area contributed by atoms with E-state index >= 15 is 0 Å². The molecule has 0 spiro atoms. The van der Waals surface area contributed by atoms with Crippen LogP contribution in [0.25, 0.3) is 10.8 Å². The van der Waals surface area contributed by atoms with Crippen LogP contribution in [0.4, 0.5) is 0 Å². The van der Waals surface area contributed by atoms with Crippen molar-refractivity contribution in [1.82, 2.24) is 9.88 Å². The summed E-state index contributed by atoms with van der Waals surface area (Å²) in [6.45, 7) is 3.29. The fourth-order valence-corrected chi connectivity index (χ4v) is 3.49. The third-order valence-electron chi connectivity index (χ3n) is 4.84. The summed E-state index contributed by atoms with van der Waals surface area (Å²) in [7, 11) is 0. The molecule has 0 bridgehead atoms. The van der Waals surface area contributed by atoms with Crippen LogP contribution in [0.3, 0.4) is 0 Å². The molecule has 1 aliphatic rings. The lowest BCUT2D eigenvalue weighted by molar-refractivity contribution is 0.0475. The molecule has 2 heterocycles. The van der Waals surface area contributed by atoms with E-state index in [0.29, 0.717) is 23.9 Å². The van der Waals surface area contributed by atoms with Gasteiger partial charge in [-0.25, -0.2) is 4.98 Å². The van der Waals surface area contributed by atoms with Gasteiger partial charge in [0.2, 0.25) is 0 Å². The second-order valence-electron chi connectivity index (χ2n) is 6.90. The average molecular weight is 410 g/mol. The Hall–Kier alpha value is -2.76. The summed E-state index contributed by atoms with van der Waals surface area (Å²) >= 11 is 5.53. The minimum atomic E-state index is -0.109. The average Bonchev–Trinajstić information content (AvgIpc) is 2.75. The molecule has 2 aromatic carbocycles. The Morgan fingerprint density at radius 1 is 1.14 bits per heavy atom. The molecule has 29 heavy (non-hydrogen) atoms. The van der Waals surface area contributed by atoms with Crippen LogP contribution in [-0.2, 0) is 4.74 Å². The minimum absolute atomic E-state index is 0.0650. The van der Waals surface area contributed by atoms with Crippen molar-refractivity contribution in [3.63, 3.8) is 0 Å². The fourth-order valence-electron chi connectivity index (χ4n) is 3.26. The highest BCUT2D eigenvalue weighted by atomic mass is 35.5. The molecule has 3 aromatic rings. The van der Waals surface area contributed by atoms with E-state index in [1.54, 1.807) is 6.20 Å². The molecule has 150 valence electrons. The van der Waals surface area contributed by atoms with Gasteiger partial charge < -0.3 is 4.74 Å². The van der Waals surface area contributed by atoms with Gasteiger partial charge in [-0.2, -0.15) is 0 Å². The molecule has 0 saturated carbocycles. The Morgan fingerprint density at radius 3 is 2.48 bits per heavy atom. The summed E-state index contributed by atoms with van der Waals surface area (Å²) in [4.78, 5) is 18.0. The molecule has 5 nitrogen and oxygen atoms in total. The molecule has 1 aliphatic heterocycles. The number of rotatable bonds is 3. The number of benzene rings is 2. The molecule has 0 aliphatic carbocycles. The number of carbonyl (C=O) groups excluding carboxylic acids is 1. The third kappa shape index (κ3) is 5.62. The van der Waals surface area contributed by atoms with Gasteiger partial charge in [0, 0.05) is 31.0 Å². The van der Waals surface area contributed by atoms with Gasteiger partial charge >= 0.3 is 0 Å². The van der Waals surface area contributed by atoms with Crippen molar-refractivity contribution in [2.24, 2.45) is 0 Å². The van der Waals surface area contributed by atoms with E-state index in [-0.39, 0.29) is 11.9 Å². The summed E-state index contributed by atoms with van der Waals surface area (Å²) < 4.78 is 5.32. The smallest absolute Gasteiger partial charge is 0.259 e. The Morgan fingerprint density at radius 2 is 1.86 bits per heavy atom. The fraction of sp³-hybridized carbons (Fsp3) is 0.261. The number of fused-ring (bicyclic) bond motifs is 1. The molecule has 1 amide bonds. The van der Waals surface area contributed by atoms with Crippen molar-refractivity contribution in [3.05, 3.63) is 77.1 Å². The number of carbonyl (C=O) groups is 1. The summed E-state index contributed by atoms with van der Waals surface area (Å²) in [5.74, 6) is -0.109. The van der Waals surface area contributed by atoms with Gasteiger partial charge in [-0.15, -0.1) is 0 Å². The highest BCUT2D eigenvalue weighted by Crippen LogP contribution is 2.20. The number of halogens is 1. The van der Waals surface area contributed by atoms with Gasteiger partial charge in [0.05, 0.1) is 6.34 Å². The third-order valence-corrected chi connectivity index (χ3v) is 5.04. The van der Waals surface area contributed by atoms with Crippen molar-refractivity contribution in [3.8, 4) is 0 Å². The van der Waals surface area contributed by atoms with Crippen molar-refractivity contribution in [2.75, 3.05) is 13.2 Å². The second-order valence-corrected chi connectivity index (χ2v) is 7.29. The largest absolute Gasteiger partial charge is 0.381 e. The number of amides is 1. The molecule has 1 saturated heterocycles. The summed E-state index contributed by atoms with van der Waals surface area (Å²) in [5.41, 5.74) is 1.77. The van der Waals surface area contributed by atoms with Crippen LogP contribution in [0.5, 0.6) is 0 Å². The van der Waals surface area contributed by atoms with Crippen molar-refractivity contribution < 1.29 is 9.53 Å². The van der Waals surface area contributed by atoms with Crippen molar-refractivity contribution >= 4 is 34.6 Å². The van der Waals surface area contributed by atoms with E-state index in [9.17, 15) is 4.79 Å². The summed E-state index contributed by atoms with van der Waals surface area (Å²) in [5, 5.41) is 10.3. The lowest BCUT2D eigenvalue weighted by Crippen LogP contribution is -2.42. The molecule has 1 aromatic heterocycles. The number of ether oxygens (including phenoxy) is 1. The van der Waals surface area contributed by atoms with Crippen LogP contribution >= 0.6 is 11.6 Å². The Kier molecular flexibility index (Phi) is 7.33. The number of pyridine rings is 1. The first-order valence-corrected chi connectivity index (χ1v) is 9.94. The van der Waals surface area contributed by atoms with Gasteiger partial charge in [-0.05, 0) is 60.4 Å². The van der Waals surface area contributed by atoms with Crippen LogP contribution in [0.1, 0.15) is 28.8 Å². The molecule has 6 heteroatoms. The van der Waals surface area contributed by atoms with E-state index in [1.807, 2.05) is 61.5 Å². The van der Waals surface area contributed by atoms with Crippen LogP contribution in [0, 0.1) is 12.3 Å². The Labute approximate surface area is 175 Å². The lowest BCUT2D eigenvalue weighted by Gasteiger charge is -2.30. The van der Waals surface area contributed by atoms with E-state index in [2.05, 4.69) is 4.98 Å². The zero-order valence-corrected chi connectivity index (χ0v) is 17.1. The predicted octanol–water partition coefficient (Wildman–Crippen LogP) is 5.11. The molecular weight excluding hydrogens is 386 g/mol. The minimum Gasteiger partial charge on any atom is -0.381 e. The zero-order chi connectivity index (χ0) is 20.6. The normalized spacial score (nSPS) is 14.0. The highest BCUT2D eigenvalue weighted by molar-refractivity contribution is 6.29. The molecule has 1 fully saturated rings. The van der Waals surface area contributed by atoms with Crippen LogP contribution in [-0.4, -0.2) is 41.4 Å². The molecule has 0 radical (unpaired) electrons. The number of nitrogens with zero attached hydrogens (tertiary/aromatic N) is 2. The standard InChI is InChI=1S/C17H18N2O2.C6H6ClN/c18-12-19(16-7-9-21-10-8-16)17(20)15-6-5-13-3-1-2-4-14(13)11-15;1-5-2-3-8-6(7)4-5/h1-6,11-12,16,18H,7-10H2;2-4H,1H3. The number of aromatic nitrogens is 1. The topological polar surface area (TPSA) is 66.3 Å². The van der Waals surface area contributed by atoms with Gasteiger partial charge in [-0.3, -0.25) is 15.1 Å². The van der Waals surface area contributed by atoms with Crippen molar-refractivity contribution in [1.29, 1.82) is 5.41 Å². The number of nitrogens with one attached hydrogen (secondary N) is 1. The van der Waals surface area contributed by atoms with Gasteiger partial charge in [0.25, 0.3) is 5.91 Å². The maximum absolute atomic E-state index is 12.7. The van der Waals surface area contributed by atoms with Gasteiger partial charge in [0.1, 0.15) is 5.15 Å². The number of hydrogen-bond donors (Lipinski definition) is 1. The Balaban J connectivity index is 0.000000252. The molecule has 1 N–H and O–H groups in total. The van der Waals surface area contributed by atoms with E-state index in [0.717, 1.165) is 35.5 Å². The van der Waals surface area contributed by atoms with E-state index < -0.39 is 0 Å². The zero-order valence-electron chi connectivity index (χ0n) is 16.3. The van der Waals surface area contributed by atoms with Crippen LogP contribution in [0.15, 0.2) is 60.8 Å². The monoisotopic (exact) mass is 409 g/mol. The van der Waals surface area contributed by atoms with Gasteiger partial charge in [-0.1, -0.05) is 41.9 Å². The van der Waals surface area contributed by atoms with E-state index in [4.69, 9.17) is 21.7 Å². The van der Waals surface area contributed by atoms with Crippen LogP contribution in [0.2, 0.25) is 5.15 Å². The summed E-state index contributed by atoms with van der Waals surface area (Å²) in [6, 6.07) is 17.4. The highest BCUT2D eigenvalue weighted by Gasteiger charge is 2.25. The van der Waals surface area contributed by atoms with Crippen LogP contribution < -0.4 is 0 Å². The SMILES string of the molecule is Cc1ccnc(Cl)c1.N=CN(C(=O)c1ccc2ccccc2c1)C1CCOCC1. The molecular formula is C23H24ClN3O2. The second kappa shape index (κ2) is 10.1. The van der Waals surface area contributed by atoms with Gasteiger partial charge in [0.15, 0.2) is 0 Å². The van der Waals surface area contributed by atoms with E-state index in [1.165, 1.54) is 4.90 Å². The molecule has 4 rings (SSSR count).